The molecule has 0 fully saturated rings. The van der Waals surface area contributed by atoms with Crippen LogP contribution in [0.4, 0.5) is 10.5 Å². The van der Waals surface area contributed by atoms with Crippen LogP contribution in [-0.4, -0.2) is 32.1 Å². The number of halogens is 1. The molecule has 0 aliphatic rings. The minimum absolute atomic E-state index is 0.0256. The van der Waals surface area contributed by atoms with E-state index in [1.54, 1.807) is 18.2 Å². The first-order valence-electron chi connectivity index (χ1n) is 6.22. The second-order valence-corrected chi connectivity index (χ2v) is 4.41. The van der Waals surface area contributed by atoms with E-state index in [4.69, 9.17) is 16.3 Å². The zero-order chi connectivity index (χ0) is 15.0. The van der Waals surface area contributed by atoms with Gasteiger partial charge in [-0.2, -0.15) is 0 Å². The van der Waals surface area contributed by atoms with E-state index < -0.39 is 11.9 Å². The lowest BCUT2D eigenvalue weighted by atomic mass is 10.3. The van der Waals surface area contributed by atoms with Gasteiger partial charge in [-0.1, -0.05) is 18.5 Å². The summed E-state index contributed by atoms with van der Waals surface area (Å²) < 4.78 is 5.02. The number of benzene rings is 1. The Balaban J connectivity index is 2.41. The Bertz CT molecular complexity index is 480. The Morgan fingerprint density at radius 3 is 2.70 bits per heavy atom. The number of carbonyl (C=O) groups excluding carboxylic acids is 2. The fourth-order valence-electron chi connectivity index (χ4n) is 1.41. The largest absolute Gasteiger partial charge is 0.495 e. The van der Waals surface area contributed by atoms with Crippen LogP contribution in [0.3, 0.4) is 0 Å². The van der Waals surface area contributed by atoms with Gasteiger partial charge in [0.25, 0.3) is 0 Å². The van der Waals surface area contributed by atoms with E-state index in [9.17, 15) is 9.59 Å². The first-order valence-corrected chi connectivity index (χ1v) is 6.59. The number of rotatable bonds is 6. The smallest absolute Gasteiger partial charge is 0.321 e. The predicted octanol–water partition coefficient (Wildman–Crippen LogP) is 2.00. The van der Waals surface area contributed by atoms with Gasteiger partial charge in [0.2, 0.25) is 5.91 Å². The van der Waals surface area contributed by atoms with E-state index in [0.717, 1.165) is 6.42 Å². The SMILES string of the molecule is CCCNC(=O)NC(=O)CNc1ccc(OC)c(Cl)c1. The highest BCUT2D eigenvalue weighted by molar-refractivity contribution is 6.32. The van der Waals surface area contributed by atoms with Gasteiger partial charge in [0.1, 0.15) is 5.75 Å². The van der Waals surface area contributed by atoms with Gasteiger partial charge in [-0.05, 0) is 24.6 Å². The van der Waals surface area contributed by atoms with Gasteiger partial charge in [0.15, 0.2) is 0 Å². The normalized spacial score (nSPS) is 9.75. The standard InChI is InChI=1S/C13H18ClN3O3/c1-3-6-15-13(19)17-12(18)8-16-9-4-5-11(20-2)10(14)7-9/h4-5,7,16H,3,6,8H2,1-2H3,(H2,15,17,18,19). The van der Waals surface area contributed by atoms with Gasteiger partial charge in [-0.3, -0.25) is 10.1 Å². The molecule has 7 heteroatoms. The number of ether oxygens (including phenoxy) is 1. The van der Waals surface area contributed by atoms with Crippen LogP contribution >= 0.6 is 11.6 Å². The third-order valence-electron chi connectivity index (χ3n) is 2.39. The first kappa shape index (κ1) is 16.1. The molecule has 3 N–H and O–H groups in total. The maximum absolute atomic E-state index is 11.5. The lowest BCUT2D eigenvalue weighted by Gasteiger charge is -2.09. The van der Waals surface area contributed by atoms with E-state index in [-0.39, 0.29) is 6.54 Å². The number of urea groups is 1. The van der Waals surface area contributed by atoms with Crippen molar-refractivity contribution in [1.82, 2.24) is 10.6 Å². The molecule has 1 aromatic carbocycles. The monoisotopic (exact) mass is 299 g/mol. The molecular formula is C13H18ClN3O3. The van der Waals surface area contributed by atoms with Crippen molar-refractivity contribution in [2.24, 2.45) is 0 Å². The third-order valence-corrected chi connectivity index (χ3v) is 2.69. The molecule has 0 bridgehead atoms. The van der Waals surface area contributed by atoms with Crippen molar-refractivity contribution in [3.63, 3.8) is 0 Å². The zero-order valence-corrected chi connectivity index (χ0v) is 12.2. The number of anilines is 1. The summed E-state index contributed by atoms with van der Waals surface area (Å²) >= 11 is 5.96. The van der Waals surface area contributed by atoms with Crippen LogP contribution in [-0.2, 0) is 4.79 Å². The number of carbonyl (C=O) groups is 2. The minimum atomic E-state index is -0.494. The third kappa shape index (κ3) is 5.36. The predicted molar refractivity (Wildman–Crippen MR) is 78.3 cm³/mol. The van der Waals surface area contributed by atoms with Gasteiger partial charge in [0, 0.05) is 12.2 Å². The molecule has 110 valence electrons. The number of nitrogens with one attached hydrogen (secondary N) is 3. The van der Waals surface area contributed by atoms with E-state index in [2.05, 4.69) is 16.0 Å². The maximum atomic E-state index is 11.5. The van der Waals surface area contributed by atoms with Crippen molar-refractivity contribution in [2.75, 3.05) is 25.5 Å². The molecule has 0 aromatic heterocycles. The Hall–Kier alpha value is -1.95. The number of hydrogen-bond donors (Lipinski definition) is 3. The molecule has 0 spiro atoms. The van der Waals surface area contributed by atoms with Crippen molar-refractivity contribution in [1.29, 1.82) is 0 Å². The fourth-order valence-corrected chi connectivity index (χ4v) is 1.67. The summed E-state index contributed by atoms with van der Waals surface area (Å²) in [6.07, 6.45) is 0.810. The van der Waals surface area contributed by atoms with E-state index in [0.29, 0.717) is 23.0 Å². The fraction of sp³-hybridized carbons (Fsp3) is 0.385. The molecule has 0 saturated carbocycles. The van der Waals surface area contributed by atoms with Crippen LogP contribution in [0.5, 0.6) is 5.75 Å². The molecule has 6 nitrogen and oxygen atoms in total. The second-order valence-electron chi connectivity index (χ2n) is 4.01. The molecule has 0 heterocycles. The Morgan fingerprint density at radius 1 is 1.35 bits per heavy atom. The average molecular weight is 300 g/mol. The topological polar surface area (TPSA) is 79.5 Å². The summed E-state index contributed by atoms with van der Waals surface area (Å²) in [5.74, 6) is 0.131. The molecule has 0 radical (unpaired) electrons. The molecule has 0 atom stereocenters. The highest BCUT2D eigenvalue weighted by atomic mass is 35.5. The highest BCUT2D eigenvalue weighted by Crippen LogP contribution is 2.26. The van der Waals surface area contributed by atoms with Crippen molar-refractivity contribution >= 4 is 29.2 Å². The summed E-state index contributed by atoms with van der Waals surface area (Å²) in [7, 11) is 1.52. The average Bonchev–Trinajstić information content (AvgIpc) is 2.43. The molecule has 0 saturated heterocycles. The van der Waals surface area contributed by atoms with Crippen LogP contribution in [0.2, 0.25) is 5.02 Å². The summed E-state index contributed by atoms with van der Waals surface area (Å²) in [4.78, 5) is 22.8. The zero-order valence-electron chi connectivity index (χ0n) is 11.5. The minimum Gasteiger partial charge on any atom is -0.495 e. The lowest BCUT2D eigenvalue weighted by molar-refractivity contribution is -0.118. The molecular weight excluding hydrogens is 282 g/mol. The number of amides is 3. The van der Waals surface area contributed by atoms with Crippen molar-refractivity contribution < 1.29 is 14.3 Å². The second kappa shape index (κ2) is 8.27. The molecule has 3 amide bonds. The first-order chi connectivity index (χ1) is 9.56. The van der Waals surface area contributed by atoms with Gasteiger partial charge < -0.3 is 15.4 Å². The Kier molecular flexibility index (Phi) is 6.66. The molecule has 0 unspecified atom stereocenters. The highest BCUT2D eigenvalue weighted by Gasteiger charge is 2.07. The summed E-state index contributed by atoms with van der Waals surface area (Å²) in [6.45, 7) is 2.43. The number of methoxy groups -OCH3 is 1. The lowest BCUT2D eigenvalue weighted by Crippen LogP contribution is -2.42. The molecule has 1 rings (SSSR count). The Labute approximate surface area is 122 Å². The number of imide groups is 1. The van der Waals surface area contributed by atoms with Crippen LogP contribution < -0.4 is 20.7 Å². The van der Waals surface area contributed by atoms with E-state index >= 15 is 0 Å². The van der Waals surface area contributed by atoms with Crippen molar-refractivity contribution in [3.05, 3.63) is 23.2 Å². The van der Waals surface area contributed by atoms with Crippen molar-refractivity contribution in [3.8, 4) is 5.75 Å². The molecule has 1 aromatic rings. The van der Waals surface area contributed by atoms with Gasteiger partial charge in [-0.15, -0.1) is 0 Å². The molecule has 0 aliphatic carbocycles. The maximum Gasteiger partial charge on any atom is 0.321 e. The van der Waals surface area contributed by atoms with E-state index in [1.807, 2.05) is 6.92 Å². The quantitative estimate of drug-likeness (QED) is 0.750. The van der Waals surface area contributed by atoms with Crippen LogP contribution in [0, 0.1) is 0 Å². The van der Waals surface area contributed by atoms with Crippen LogP contribution in [0.15, 0.2) is 18.2 Å². The summed E-state index contributed by atoms with van der Waals surface area (Å²) in [5.41, 5.74) is 0.667. The van der Waals surface area contributed by atoms with Gasteiger partial charge in [0.05, 0.1) is 18.7 Å². The van der Waals surface area contributed by atoms with Gasteiger partial charge >= 0.3 is 6.03 Å². The van der Waals surface area contributed by atoms with E-state index in [1.165, 1.54) is 7.11 Å². The van der Waals surface area contributed by atoms with Crippen molar-refractivity contribution in [2.45, 2.75) is 13.3 Å². The summed E-state index contributed by atoms with van der Waals surface area (Å²) in [5, 5.41) is 8.07. The molecule has 0 aliphatic heterocycles. The summed E-state index contributed by atoms with van der Waals surface area (Å²) in [6, 6.07) is 4.57. The Morgan fingerprint density at radius 2 is 2.10 bits per heavy atom. The molecule has 20 heavy (non-hydrogen) atoms. The number of hydrogen-bond acceptors (Lipinski definition) is 4. The van der Waals surface area contributed by atoms with Gasteiger partial charge in [-0.25, -0.2) is 4.79 Å². The van der Waals surface area contributed by atoms with Crippen LogP contribution in [0.25, 0.3) is 0 Å². The van der Waals surface area contributed by atoms with Crippen LogP contribution in [0.1, 0.15) is 13.3 Å².